The summed E-state index contributed by atoms with van der Waals surface area (Å²) < 4.78 is 12.8. The van der Waals surface area contributed by atoms with Crippen molar-refractivity contribution >= 4 is 13.3 Å². The van der Waals surface area contributed by atoms with Crippen LogP contribution in [0.2, 0.25) is 0 Å². The van der Waals surface area contributed by atoms with Crippen LogP contribution in [0.5, 0.6) is 0 Å². The molecule has 0 radical (unpaired) electrons. The van der Waals surface area contributed by atoms with E-state index in [2.05, 4.69) is 12.1 Å². The molecular formula is C22H27O4P. The molecule has 4 nitrogen and oxygen atoms in total. The molecule has 1 fully saturated rings. The summed E-state index contributed by atoms with van der Waals surface area (Å²) in [5.41, 5.74) is 2.01. The van der Waals surface area contributed by atoms with Crippen molar-refractivity contribution in [3.05, 3.63) is 71.8 Å². The average Bonchev–Trinajstić information content (AvgIpc) is 2.67. The third-order valence-corrected chi connectivity index (χ3v) is 7.45. The fraction of sp³-hybridized carbons (Fsp3) is 0.409. The van der Waals surface area contributed by atoms with Crippen LogP contribution in [0.3, 0.4) is 0 Å². The SMILES string of the molecule is O=C(O)C(CP(=O)(O)Cc1ccccc1)C1CCCC(c2ccccc2)C1. The molecule has 1 aliphatic rings. The van der Waals surface area contributed by atoms with Crippen LogP contribution in [0.25, 0.3) is 0 Å². The summed E-state index contributed by atoms with van der Waals surface area (Å²) in [6.45, 7) is 0. The molecular weight excluding hydrogens is 359 g/mol. The number of carbonyl (C=O) groups is 1. The summed E-state index contributed by atoms with van der Waals surface area (Å²) in [7, 11) is -3.56. The van der Waals surface area contributed by atoms with Gasteiger partial charge in [-0.2, -0.15) is 0 Å². The minimum Gasteiger partial charge on any atom is -0.481 e. The molecule has 5 heteroatoms. The lowest BCUT2D eigenvalue weighted by Gasteiger charge is -2.33. The number of carboxylic acids is 1. The van der Waals surface area contributed by atoms with Crippen LogP contribution < -0.4 is 0 Å². The topological polar surface area (TPSA) is 74.6 Å². The number of hydrogen-bond donors (Lipinski definition) is 2. The summed E-state index contributed by atoms with van der Waals surface area (Å²) in [5.74, 6) is -1.44. The predicted octanol–water partition coefficient (Wildman–Crippen LogP) is 5.13. The van der Waals surface area contributed by atoms with E-state index >= 15 is 0 Å². The van der Waals surface area contributed by atoms with Gasteiger partial charge in [-0.3, -0.25) is 9.36 Å². The fourth-order valence-corrected chi connectivity index (χ4v) is 6.27. The number of rotatable bonds is 7. The molecule has 2 aromatic rings. The van der Waals surface area contributed by atoms with Gasteiger partial charge < -0.3 is 10.00 Å². The van der Waals surface area contributed by atoms with E-state index in [-0.39, 0.29) is 18.2 Å². The number of aliphatic carboxylic acids is 1. The van der Waals surface area contributed by atoms with Crippen LogP contribution in [0.4, 0.5) is 0 Å². The van der Waals surface area contributed by atoms with E-state index in [0.29, 0.717) is 5.92 Å². The molecule has 0 amide bonds. The van der Waals surface area contributed by atoms with Crippen molar-refractivity contribution in [2.24, 2.45) is 11.8 Å². The average molecular weight is 386 g/mol. The van der Waals surface area contributed by atoms with Gasteiger partial charge in [0.15, 0.2) is 0 Å². The van der Waals surface area contributed by atoms with Gasteiger partial charge in [0.25, 0.3) is 0 Å². The predicted molar refractivity (Wildman–Crippen MR) is 107 cm³/mol. The van der Waals surface area contributed by atoms with Crippen molar-refractivity contribution < 1.29 is 19.4 Å². The molecule has 27 heavy (non-hydrogen) atoms. The van der Waals surface area contributed by atoms with Gasteiger partial charge in [0.1, 0.15) is 0 Å². The Morgan fingerprint density at radius 2 is 1.67 bits per heavy atom. The lowest BCUT2D eigenvalue weighted by Crippen LogP contribution is -2.30. The van der Waals surface area contributed by atoms with Crippen molar-refractivity contribution in [3.8, 4) is 0 Å². The van der Waals surface area contributed by atoms with Crippen LogP contribution in [0, 0.1) is 11.8 Å². The zero-order valence-electron chi connectivity index (χ0n) is 15.4. The third kappa shape index (κ3) is 5.54. The van der Waals surface area contributed by atoms with E-state index in [1.54, 1.807) is 0 Å². The highest BCUT2D eigenvalue weighted by Crippen LogP contribution is 2.50. The molecule has 0 aromatic heterocycles. The second-order valence-electron chi connectivity index (χ2n) is 7.65. The van der Waals surface area contributed by atoms with Gasteiger partial charge in [-0.05, 0) is 42.2 Å². The standard InChI is InChI=1S/C22H27O4P/c23-22(24)21(16-27(25,26)15-17-8-3-1-4-9-17)20-13-7-12-19(14-20)18-10-5-2-6-11-18/h1-6,8-11,19-21H,7,12-16H2,(H,23,24)(H,25,26). The minimum absolute atomic E-state index is 0.0342. The van der Waals surface area contributed by atoms with Crippen LogP contribution in [-0.4, -0.2) is 22.1 Å². The van der Waals surface area contributed by atoms with E-state index in [1.165, 1.54) is 5.56 Å². The van der Waals surface area contributed by atoms with Crippen molar-refractivity contribution in [1.82, 2.24) is 0 Å². The fourth-order valence-electron chi connectivity index (χ4n) is 4.29. The molecule has 4 atom stereocenters. The van der Waals surface area contributed by atoms with Crippen LogP contribution in [-0.2, 0) is 15.5 Å². The number of hydrogen-bond acceptors (Lipinski definition) is 2. The highest BCUT2D eigenvalue weighted by atomic mass is 31.2. The molecule has 0 heterocycles. The van der Waals surface area contributed by atoms with Crippen molar-refractivity contribution in [1.29, 1.82) is 0 Å². The first-order chi connectivity index (χ1) is 12.9. The molecule has 3 rings (SSSR count). The Morgan fingerprint density at radius 1 is 1.04 bits per heavy atom. The largest absolute Gasteiger partial charge is 0.481 e. The van der Waals surface area contributed by atoms with E-state index in [1.807, 2.05) is 48.5 Å². The van der Waals surface area contributed by atoms with Gasteiger partial charge >= 0.3 is 5.97 Å². The van der Waals surface area contributed by atoms with Gasteiger partial charge in [0, 0.05) is 12.3 Å². The van der Waals surface area contributed by atoms with Gasteiger partial charge in [-0.25, -0.2) is 0 Å². The Morgan fingerprint density at radius 3 is 2.30 bits per heavy atom. The maximum Gasteiger partial charge on any atom is 0.307 e. The van der Waals surface area contributed by atoms with E-state index in [4.69, 9.17) is 0 Å². The molecule has 0 bridgehead atoms. The summed E-state index contributed by atoms with van der Waals surface area (Å²) in [5, 5.41) is 9.78. The van der Waals surface area contributed by atoms with Crippen LogP contribution >= 0.6 is 7.37 Å². The van der Waals surface area contributed by atoms with E-state index in [0.717, 1.165) is 31.2 Å². The molecule has 0 spiro atoms. The van der Waals surface area contributed by atoms with Crippen LogP contribution in [0.15, 0.2) is 60.7 Å². The Hall–Kier alpha value is -1.90. The summed E-state index contributed by atoms with van der Waals surface area (Å²) >= 11 is 0. The molecule has 4 unspecified atom stereocenters. The van der Waals surface area contributed by atoms with Gasteiger partial charge in [0.2, 0.25) is 7.37 Å². The van der Waals surface area contributed by atoms with Gasteiger partial charge in [-0.1, -0.05) is 67.1 Å². The van der Waals surface area contributed by atoms with Crippen molar-refractivity contribution in [2.45, 2.75) is 37.8 Å². The van der Waals surface area contributed by atoms with Crippen LogP contribution in [0.1, 0.15) is 42.7 Å². The monoisotopic (exact) mass is 386 g/mol. The molecule has 2 aromatic carbocycles. The smallest absolute Gasteiger partial charge is 0.307 e. The summed E-state index contributed by atoms with van der Waals surface area (Å²) in [6, 6.07) is 19.3. The second kappa shape index (κ2) is 8.86. The quantitative estimate of drug-likeness (QED) is 0.647. The Labute approximate surface area is 160 Å². The third-order valence-electron chi connectivity index (χ3n) is 5.63. The highest BCUT2D eigenvalue weighted by Gasteiger charge is 2.37. The Kier molecular flexibility index (Phi) is 6.51. The highest BCUT2D eigenvalue weighted by molar-refractivity contribution is 7.57. The number of benzene rings is 2. The summed E-state index contributed by atoms with van der Waals surface area (Å²) in [4.78, 5) is 22.4. The second-order valence-corrected chi connectivity index (χ2v) is 10.0. The van der Waals surface area contributed by atoms with E-state index in [9.17, 15) is 19.4 Å². The van der Waals surface area contributed by atoms with Crippen molar-refractivity contribution in [3.63, 3.8) is 0 Å². The van der Waals surface area contributed by atoms with Crippen molar-refractivity contribution in [2.75, 3.05) is 6.16 Å². The zero-order valence-corrected chi connectivity index (χ0v) is 16.3. The minimum atomic E-state index is -3.56. The lowest BCUT2D eigenvalue weighted by atomic mass is 9.73. The molecule has 1 saturated carbocycles. The molecule has 0 aliphatic heterocycles. The first-order valence-electron chi connectivity index (χ1n) is 9.57. The maximum atomic E-state index is 12.8. The first kappa shape index (κ1) is 19.9. The molecule has 144 valence electrons. The first-order valence-corrected chi connectivity index (χ1v) is 11.6. The number of carboxylic acid groups (broad SMARTS) is 1. The zero-order chi connectivity index (χ0) is 19.3. The molecule has 0 saturated heterocycles. The Bertz CT molecular complexity index is 790. The lowest BCUT2D eigenvalue weighted by molar-refractivity contribution is -0.143. The molecule has 2 N–H and O–H groups in total. The normalized spacial score (nSPS) is 23.3. The maximum absolute atomic E-state index is 12.8. The van der Waals surface area contributed by atoms with E-state index < -0.39 is 19.3 Å². The van der Waals surface area contributed by atoms with Gasteiger partial charge in [-0.15, -0.1) is 0 Å². The summed E-state index contributed by atoms with van der Waals surface area (Å²) in [6.07, 6.45) is 3.48. The Balaban J connectivity index is 1.71. The van der Waals surface area contributed by atoms with Gasteiger partial charge in [0.05, 0.1) is 5.92 Å². The molecule has 1 aliphatic carbocycles.